The van der Waals surface area contributed by atoms with Gasteiger partial charge in [0.2, 0.25) is 11.8 Å². The van der Waals surface area contributed by atoms with Crippen LogP contribution in [0.2, 0.25) is 0 Å². The first kappa shape index (κ1) is 7.70. The molecule has 7 heteroatoms. The molecule has 0 bridgehead atoms. The Balaban J connectivity index is 3.15. The van der Waals surface area contributed by atoms with Gasteiger partial charge in [0.15, 0.2) is 0 Å². The minimum Gasteiger partial charge on any atom is -0.366 e. The molecule has 0 aliphatic rings. The van der Waals surface area contributed by atoms with E-state index in [0.717, 1.165) is 0 Å². The lowest BCUT2D eigenvalue weighted by Crippen LogP contribution is -2.22. The van der Waals surface area contributed by atoms with Gasteiger partial charge in [0, 0.05) is 6.92 Å². The Morgan fingerprint density at radius 1 is 1.45 bits per heavy atom. The first-order valence-electron chi connectivity index (χ1n) is 2.77. The van der Waals surface area contributed by atoms with Crippen LogP contribution in [-0.2, 0) is 5.92 Å². The second-order valence-corrected chi connectivity index (χ2v) is 2.14. The van der Waals surface area contributed by atoms with Crippen LogP contribution in [0.1, 0.15) is 12.7 Å². The molecule has 0 fully saturated rings. The number of rotatable bonds is 1. The summed E-state index contributed by atoms with van der Waals surface area (Å²) in [4.78, 5) is 0. The van der Waals surface area contributed by atoms with Crippen LogP contribution in [0.4, 0.5) is 14.7 Å². The van der Waals surface area contributed by atoms with E-state index in [2.05, 4.69) is 10.2 Å². The van der Waals surface area contributed by atoms with Crippen molar-refractivity contribution in [3.05, 3.63) is 5.82 Å². The molecule has 0 radical (unpaired) electrons. The van der Waals surface area contributed by atoms with Gasteiger partial charge >= 0.3 is 5.92 Å². The number of nitrogen functional groups attached to an aromatic ring is 2. The van der Waals surface area contributed by atoms with Crippen LogP contribution in [0.15, 0.2) is 0 Å². The van der Waals surface area contributed by atoms with E-state index < -0.39 is 11.7 Å². The second-order valence-electron chi connectivity index (χ2n) is 2.14. The lowest BCUT2D eigenvalue weighted by atomic mass is 10.4. The van der Waals surface area contributed by atoms with Crippen molar-refractivity contribution in [2.24, 2.45) is 0 Å². The average molecular weight is 163 g/mol. The molecule has 1 aromatic rings. The highest BCUT2D eigenvalue weighted by atomic mass is 19.3. The summed E-state index contributed by atoms with van der Waals surface area (Å²) in [5.41, 5.74) is 5.07. The highest BCUT2D eigenvalue weighted by Gasteiger charge is 2.31. The van der Waals surface area contributed by atoms with E-state index in [-0.39, 0.29) is 5.95 Å². The Kier molecular flexibility index (Phi) is 1.43. The molecule has 0 amide bonds. The molecule has 0 unspecified atom stereocenters. The largest absolute Gasteiger partial charge is 0.366 e. The summed E-state index contributed by atoms with van der Waals surface area (Å²) in [6.07, 6.45) is 0. The van der Waals surface area contributed by atoms with Gasteiger partial charge in [-0.25, -0.2) is 4.68 Å². The molecule has 1 heterocycles. The first-order valence-corrected chi connectivity index (χ1v) is 2.77. The molecular weight excluding hydrogens is 156 g/mol. The van der Waals surface area contributed by atoms with Crippen LogP contribution in [0.3, 0.4) is 0 Å². The summed E-state index contributed by atoms with van der Waals surface area (Å²) >= 11 is 0. The summed E-state index contributed by atoms with van der Waals surface area (Å²) < 4.78 is 25.5. The third kappa shape index (κ3) is 1.21. The predicted octanol–water partition coefficient (Wildman–Crippen LogP) is -0.314. The average Bonchev–Trinajstić information content (AvgIpc) is 2.11. The van der Waals surface area contributed by atoms with Crippen molar-refractivity contribution in [2.75, 3.05) is 11.6 Å². The molecule has 0 spiro atoms. The SMILES string of the molecule is CC(F)(F)c1nnc(N)n1N. The van der Waals surface area contributed by atoms with Crippen LogP contribution in [-0.4, -0.2) is 14.9 Å². The quantitative estimate of drug-likeness (QED) is 0.556. The summed E-state index contributed by atoms with van der Waals surface area (Å²) in [5.74, 6) is 1.09. The highest BCUT2D eigenvalue weighted by molar-refractivity contribution is 5.18. The first-order chi connectivity index (χ1) is 4.93. The van der Waals surface area contributed by atoms with Crippen LogP contribution in [0.25, 0.3) is 0 Å². The van der Waals surface area contributed by atoms with E-state index in [1.165, 1.54) is 0 Å². The van der Waals surface area contributed by atoms with Crippen molar-refractivity contribution >= 4 is 5.95 Å². The number of halogens is 2. The Hall–Kier alpha value is -1.40. The van der Waals surface area contributed by atoms with Crippen LogP contribution < -0.4 is 11.6 Å². The maximum absolute atomic E-state index is 12.5. The van der Waals surface area contributed by atoms with Crippen LogP contribution >= 0.6 is 0 Å². The summed E-state index contributed by atoms with van der Waals surface area (Å²) in [5, 5.41) is 6.27. The number of nitrogens with zero attached hydrogens (tertiary/aromatic N) is 3. The lowest BCUT2D eigenvalue weighted by Gasteiger charge is -2.07. The number of anilines is 1. The van der Waals surface area contributed by atoms with Gasteiger partial charge in [0.25, 0.3) is 0 Å². The van der Waals surface area contributed by atoms with Gasteiger partial charge in [-0.3, -0.25) is 0 Å². The number of nitrogens with two attached hydrogens (primary N) is 2. The zero-order valence-electron chi connectivity index (χ0n) is 5.75. The molecule has 1 aromatic heterocycles. The van der Waals surface area contributed by atoms with Gasteiger partial charge < -0.3 is 11.6 Å². The number of hydrogen-bond acceptors (Lipinski definition) is 4. The maximum atomic E-state index is 12.5. The fourth-order valence-electron chi connectivity index (χ4n) is 0.603. The van der Waals surface area contributed by atoms with Crippen molar-refractivity contribution in [1.29, 1.82) is 0 Å². The number of alkyl halides is 2. The van der Waals surface area contributed by atoms with E-state index in [4.69, 9.17) is 11.6 Å². The molecule has 62 valence electrons. The predicted molar refractivity (Wildman–Crippen MR) is 34.2 cm³/mol. The Morgan fingerprint density at radius 2 is 2.00 bits per heavy atom. The smallest absolute Gasteiger partial charge is 0.305 e. The third-order valence-corrected chi connectivity index (χ3v) is 1.11. The zero-order valence-corrected chi connectivity index (χ0v) is 5.75. The van der Waals surface area contributed by atoms with Crippen molar-refractivity contribution in [2.45, 2.75) is 12.8 Å². The molecule has 0 saturated heterocycles. The zero-order chi connectivity index (χ0) is 8.65. The Bertz CT molecular complexity index is 262. The summed E-state index contributed by atoms with van der Waals surface area (Å²) in [6.45, 7) is 0.666. The van der Waals surface area contributed by atoms with Gasteiger partial charge in [-0.05, 0) is 0 Å². The van der Waals surface area contributed by atoms with Gasteiger partial charge in [0.05, 0.1) is 0 Å². The van der Waals surface area contributed by atoms with Crippen molar-refractivity contribution < 1.29 is 8.78 Å². The molecule has 0 aliphatic carbocycles. The molecule has 0 aliphatic heterocycles. The maximum Gasteiger partial charge on any atom is 0.305 e. The summed E-state index contributed by atoms with van der Waals surface area (Å²) in [6, 6.07) is 0. The van der Waals surface area contributed by atoms with Gasteiger partial charge in [-0.1, -0.05) is 0 Å². The van der Waals surface area contributed by atoms with E-state index in [9.17, 15) is 8.78 Å². The number of aromatic nitrogens is 3. The van der Waals surface area contributed by atoms with Crippen molar-refractivity contribution in [1.82, 2.24) is 14.9 Å². The van der Waals surface area contributed by atoms with E-state index in [1.807, 2.05) is 0 Å². The fourth-order valence-corrected chi connectivity index (χ4v) is 0.603. The number of hydrogen-bond donors (Lipinski definition) is 2. The standard InChI is InChI=1S/C4H7F2N5/c1-4(5,6)2-9-10-3(7)11(2)8/h8H2,1H3,(H2,7,10). The molecule has 1 rings (SSSR count). The Labute approximate surface area is 61.0 Å². The van der Waals surface area contributed by atoms with E-state index in [0.29, 0.717) is 11.6 Å². The van der Waals surface area contributed by atoms with Gasteiger partial charge in [0.1, 0.15) is 0 Å². The molecule has 4 N–H and O–H groups in total. The second kappa shape index (κ2) is 2.04. The van der Waals surface area contributed by atoms with E-state index in [1.54, 1.807) is 0 Å². The highest BCUT2D eigenvalue weighted by Crippen LogP contribution is 2.24. The molecular formula is C4H7F2N5. The fraction of sp³-hybridized carbons (Fsp3) is 0.500. The minimum absolute atomic E-state index is 0.235. The van der Waals surface area contributed by atoms with Crippen molar-refractivity contribution in [3.63, 3.8) is 0 Å². The molecule has 0 saturated carbocycles. The third-order valence-electron chi connectivity index (χ3n) is 1.11. The van der Waals surface area contributed by atoms with E-state index >= 15 is 0 Å². The molecule has 5 nitrogen and oxygen atoms in total. The Morgan fingerprint density at radius 3 is 2.18 bits per heavy atom. The molecule has 0 atom stereocenters. The van der Waals surface area contributed by atoms with Gasteiger partial charge in [-0.2, -0.15) is 8.78 Å². The van der Waals surface area contributed by atoms with Crippen LogP contribution in [0, 0.1) is 0 Å². The summed E-state index contributed by atoms with van der Waals surface area (Å²) in [7, 11) is 0. The normalized spacial score (nSPS) is 11.9. The van der Waals surface area contributed by atoms with Crippen molar-refractivity contribution in [3.8, 4) is 0 Å². The monoisotopic (exact) mass is 163 g/mol. The van der Waals surface area contributed by atoms with Crippen LogP contribution in [0.5, 0.6) is 0 Å². The lowest BCUT2D eigenvalue weighted by molar-refractivity contribution is 0.00535. The molecule has 0 aromatic carbocycles. The molecule has 11 heavy (non-hydrogen) atoms. The van der Waals surface area contributed by atoms with Gasteiger partial charge in [-0.15, -0.1) is 10.2 Å². The minimum atomic E-state index is -3.11. The topological polar surface area (TPSA) is 82.8 Å².